The van der Waals surface area contributed by atoms with Crippen LogP contribution in [0.4, 0.5) is 4.39 Å². The van der Waals surface area contributed by atoms with Crippen LogP contribution in [0.5, 0.6) is 0 Å². The van der Waals surface area contributed by atoms with E-state index in [2.05, 4.69) is 12.2 Å². The van der Waals surface area contributed by atoms with Crippen LogP contribution in [0.25, 0.3) is 0 Å². The Kier molecular flexibility index (Phi) is 4.52. The van der Waals surface area contributed by atoms with Crippen molar-refractivity contribution < 1.29 is 12.8 Å². The fraction of sp³-hybridized carbons (Fsp3) is 0.625. The average molecular weight is 326 g/mol. The fourth-order valence-corrected chi connectivity index (χ4v) is 4.93. The lowest BCUT2D eigenvalue weighted by Gasteiger charge is -2.33. The summed E-state index contributed by atoms with van der Waals surface area (Å²) in [5, 5.41) is 3.41. The topological polar surface area (TPSA) is 49.4 Å². The highest BCUT2D eigenvalue weighted by Crippen LogP contribution is 2.32. The minimum Gasteiger partial charge on any atom is -0.307 e. The lowest BCUT2D eigenvalue weighted by atomic mass is 10.0. The molecule has 22 heavy (non-hydrogen) atoms. The van der Waals surface area contributed by atoms with E-state index in [1.54, 1.807) is 16.4 Å². The van der Waals surface area contributed by atoms with E-state index in [0.717, 1.165) is 31.2 Å². The molecule has 1 aliphatic carbocycles. The standard InChI is InChI=1S/C16H23FN2O2S/c1-12(13-2-4-14(17)5-3-13)18-15-8-10-19(11-9-15)22(20,21)16-6-7-16/h2-5,12,15-16,18H,6-11H2,1H3/t12-/m0/s1. The maximum atomic E-state index is 13.0. The molecule has 1 aromatic rings. The first-order chi connectivity index (χ1) is 10.5. The van der Waals surface area contributed by atoms with Gasteiger partial charge in [-0.2, -0.15) is 0 Å². The van der Waals surface area contributed by atoms with Gasteiger partial charge in [0.05, 0.1) is 5.25 Å². The second kappa shape index (κ2) is 6.26. The summed E-state index contributed by atoms with van der Waals surface area (Å²) in [5.41, 5.74) is 1.05. The van der Waals surface area contributed by atoms with Gasteiger partial charge in [-0.1, -0.05) is 12.1 Å². The maximum Gasteiger partial charge on any atom is 0.216 e. The monoisotopic (exact) mass is 326 g/mol. The van der Waals surface area contributed by atoms with Crippen molar-refractivity contribution in [3.8, 4) is 0 Å². The molecule has 1 atom stereocenters. The van der Waals surface area contributed by atoms with E-state index < -0.39 is 10.0 Å². The summed E-state index contributed by atoms with van der Waals surface area (Å²) < 4.78 is 39.0. The Hall–Kier alpha value is -0.980. The first-order valence-corrected chi connectivity index (χ1v) is 9.47. The maximum absolute atomic E-state index is 13.0. The lowest BCUT2D eigenvalue weighted by Crippen LogP contribution is -2.46. The molecule has 1 saturated heterocycles. The number of hydrogen-bond acceptors (Lipinski definition) is 3. The normalized spacial score (nSPS) is 22.6. The van der Waals surface area contributed by atoms with Gasteiger partial charge in [0.2, 0.25) is 10.0 Å². The Morgan fingerprint density at radius 2 is 1.73 bits per heavy atom. The van der Waals surface area contributed by atoms with Crippen molar-refractivity contribution in [2.75, 3.05) is 13.1 Å². The van der Waals surface area contributed by atoms with Crippen LogP contribution in [0.1, 0.15) is 44.2 Å². The molecule has 1 aromatic carbocycles. The van der Waals surface area contributed by atoms with E-state index in [-0.39, 0.29) is 17.1 Å². The Labute approximate surface area is 131 Å². The predicted octanol–water partition coefficient (Wildman–Crippen LogP) is 2.43. The third-order valence-electron chi connectivity index (χ3n) is 4.62. The van der Waals surface area contributed by atoms with Gasteiger partial charge in [0.15, 0.2) is 0 Å². The van der Waals surface area contributed by atoms with Gasteiger partial charge in [0.25, 0.3) is 0 Å². The lowest BCUT2D eigenvalue weighted by molar-refractivity contribution is 0.277. The molecule has 1 N–H and O–H groups in total. The molecule has 1 heterocycles. The molecule has 1 saturated carbocycles. The van der Waals surface area contributed by atoms with Crippen LogP contribution in [0, 0.1) is 5.82 Å². The van der Waals surface area contributed by atoms with Crippen LogP contribution in [-0.4, -0.2) is 37.1 Å². The van der Waals surface area contributed by atoms with E-state index >= 15 is 0 Å². The van der Waals surface area contributed by atoms with Crippen LogP contribution in [0.2, 0.25) is 0 Å². The van der Waals surface area contributed by atoms with Gasteiger partial charge in [0, 0.05) is 25.2 Å². The first-order valence-electron chi connectivity index (χ1n) is 7.97. The van der Waals surface area contributed by atoms with Crippen molar-refractivity contribution in [3.63, 3.8) is 0 Å². The number of piperidine rings is 1. The van der Waals surface area contributed by atoms with Crippen molar-refractivity contribution in [3.05, 3.63) is 35.6 Å². The third-order valence-corrected chi connectivity index (χ3v) is 7.01. The molecule has 0 unspecified atom stereocenters. The van der Waals surface area contributed by atoms with Crippen molar-refractivity contribution >= 4 is 10.0 Å². The van der Waals surface area contributed by atoms with Crippen molar-refractivity contribution in [2.24, 2.45) is 0 Å². The molecular formula is C16H23FN2O2S. The highest BCUT2D eigenvalue weighted by atomic mass is 32.2. The number of sulfonamides is 1. The largest absolute Gasteiger partial charge is 0.307 e. The summed E-state index contributed by atoms with van der Waals surface area (Å²) in [5.74, 6) is -0.227. The molecule has 0 amide bonds. The third kappa shape index (κ3) is 3.50. The molecule has 6 heteroatoms. The van der Waals surface area contributed by atoms with Gasteiger partial charge in [-0.15, -0.1) is 0 Å². The number of rotatable bonds is 5. The van der Waals surface area contributed by atoms with Crippen LogP contribution >= 0.6 is 0 Å². The summed E-state index contributed by atoms with van der Waals surface area (Å²) in [6, 6.07) is 6.97. The van der Waals surface area contributed by atoms with Crippen molar-refractivity contribution in [1.29, 1.82) is 0 Å². The summed E-state index contributed by atoms with van der Waals surface area (Å²) in [6.07, 6.45) is 3.30. The number of benzene rings is 1. The quantitative estimate of drug-likeness (QED) is 0.904. The van der Waals surface area contributed by atoms with E-state index in [9.17, 15) is 12.8 Å². The average Bonchev–Trinajstić information content (AvgIpc) is 3.33. The molecule has 4 nitrogen and oxygen atoms in total. The summed E-state index contributed by atoms with van der Waals surface area (Å²) >= 11 is 0. The fourth-order valence-electron chi connectivity index (χ4n) is 3.05. The molecule has 3 rings (SSSR count). The number of nitrogens with one attached hydrogen (secondary N) is 1. The zero-order chi connectivity index (χ0) is 15.7. The van der Waals surface area contributed by atoms with Gasteiger partial charge in [-0.3, -0.25) is 0 Å². The van der Waals surface area contributed by atoms with Crippen LogP contribution in [0.15, 0.2) is 24.3 Å². The molecule has 0 aromatic heterocycles. The second-order valence-electron chi connectivity index (χ2n) is 6.36. The van der Waals surface area contributed by atoms with E-state index in [1.165, 1.54) is 12.1 Å². The Morgan fingerprint density at radius 3 is 2.27 bits per heavy atom. The van der Waals surface area contributed by atoms with E-state index in [4.69, 9.17) is 0 Å². The predicted molar refractivity (Wildman–Crippen MR) is 84.5 cm³/mol. The molecule has 0 radical (unpaired) electrons. The van der Waals surface area contributed by atoms with Crippen LogP contribution in [0.3, 0.4) is 0 Å². The molecule has 2 aliphatic rings. The van der Waals surface area contributed by atoms with E-state index in [1.807, 2.05) is 0 Å². The number of nitrogens with zero attached hydrogens (tertiary/aromatic N) is 1. The van der Waals surface area contributed by atoms with Crippen LogP contribution in [-0.2, 0) is 10.0 Å². The van der Waals surface area contributed by atoms with Gasteiger partial charge < -0.3 is 5.32 Å². The highest BCUT2D eigenvalue weighted by molar-refractivity contribution is 7.90. The Morgan fingerprint density at radius 1 is 1.14 bits per heavy atom. The first kappa shape index (κ1) is 15.9. The molecular weight excluding hydrogens is 303 g/mol. The molecule has 0 bridgehead atoms. The van der Waals surface area contributed by atoms with Gasteiger partial charge in [0.1, 0.15) is 5.82 Å². The second-order valence-corrected chi connectivity index (χ2v) is 8.57. The zero-order valence-electron chi connectivity index (χ0n) is 12.8. The van der Waals surface area contributed by atoms with Crippen molar-refractivity contribution in [2.45, 2.75) is 49.9 Å². The molecule has 0 spiro atoms. The molecule has 2 fully saturated rings. The minimum atomic E-state index is -3.03. The zero-order valence-corrected chi connectivity index (χ0v) is 13.7. The van der Waals surface area contributed by atoms with E-state index in [0.29, 0.717) is 19.1 Å². The summed E-state index contributed by atoms with van der Waals surface area (Å²) in [6.45, 7) is 3.26. The van der Waals surface area contributed by atoms with Crippen molar-refractivity contribution in [1.82, 2.24) is 9.62 Å². The SMILES string of the molecule is C[C@H](NC1CCN(S(=O)(=O)C2CC2)CC1)c1ccc(F)cc1. The number of halogens is 1. The highest BCUT2D eigenvalue weighted by Gasteiger charge is 2.41. The van der Waals surface area contributed by atoms with Gasteiger partial charge in [-0.05, 0) is 50.3 Å². The van der Waals surface area contributed by atoms with Gasteiger partial charge >= 0.3 is 0 Å². The minimum absolute atomic E-state index is 0.116. The molecule has 1 aliphatic heterocycles. The van der Waals surface area contributed by atoms with Gasteiger partial charge in [-0.25, -0.2) is 17.1 Å². The number of hydrogen-bond donors (Lipinski definition) is 1. The summed E-state index contributed by atoms with van der Waals surface area (Å²) in [7, 11) is -3.03. The molecule has 122 valence electrons. The Bertz CT molecular complexity index is 606. The Balaban J connectivity index is 1.52. The summed E-state index contributed by atoms with van der Waals surface area (Å²) in [4.78, 5) is 0. The van der Waals surface area contributed by atoms with Crippen LogP contribution < -0.4 is 5.32 Å². The smallest absolute Gasteiger partial charge is 0.216 e.